The highest BCUT2D eigenvalue weighted by Crippen LogP contribution is 2.24. The van der Waals surface area contributed by atoms with Gasteiger partial charge < -0.3 is 0 Å². The second-order valence-electron chi connectivity index (χ2n) is 2.35. The Morgan fingerprint density at radius 3 is 2.67 bits per heavy atom. The Hall–Kier alpha value is 0.390. The summed E-state index contributed by atoms with van der Waals surface area (Å²) < 4.78 is 1.86. The molecule has 4 heteroatoms. The molecule has 1 aromatic rings. The molecule has 0 aromatic heterocycles. The zero-order chi connectivity index (χ0) is 9.30. The molecule has 12 heavy (non-hydrogen) atoms. The van der Waals surface area contributed by atoms with Gasteiger partial charge in [0.05, 0.1) is 0 Å². The fraction of sp³-hybridized carbons (Fsp3) is 0.125. The Kier molecular flexibility index (Phi) is 3.55. The number of rotatable bonds is 1. The first-order valence-electron chi connectivity index (χ1n) is 3.18. The minimum absolute atomic E-state index is 0.429. The SMILES string of the molecule is Cc1cc(C(=O)Cl)c(Br)cc1I. The van der Waals surface area contributed by atoms with E-state index in [1.54, 1.807) is 6.07 Å². The van der Waals surface area contributed by atoms with Gasteiger partial charge in [-0.1, -0.05) is 0 Å². The highest BCUT2D eigenvalue weighted by atomic mass is 127. The van der Waals surface area contributed by atoms with E-state index in [1.807, 2.05) is 13.0 Å². The van der Waals surface area contributed by atoms with E-state index in [4.69, 9.17) is 11.6 Å². The Morgan fingerprint density at radius 2 is 2.17 bits per heavy atom. The van der Waals surface area contributed by atoms with Gasteiger partial charge in [0, 0.05) is 13.6 Å². The van der Waals surface area contributed by atoms with Gasteiger partial charge in [0.15, 0.2) is 0 Å². The summed E-state index contributed by atoms with van der Waals surface area (Å²) in [6.07, 6.45) is 0. The van der Waals surface area contributed by atoms with Gasteiger partial charge in [-0.2, -0.15) is 0 Å². The smallest absolute Gasteiger partial charge is 0.253 e. The van der Waals surface area contributed by atoms with Crippen LogP contribution in [0.15, 0.2) is 16.6 Å². The van der Waals surface area contributed by atoms with Crippen molar-refractivity contribution in [2.75, 3.05) is 0 Å². The summed E-state index contributed by atoms with van der Waals surface area (Å²) in [7, 11) is 0. The fourth-order valence-electron chi connectivity index (χ4n) is 0.808. The quantitative estimate of drug-likeness (QED) is 0.551. The van der Waals surface area contributed by atoms with Crippen molar-refractivity contribution in [2.45, 2.75) is 6.92 Å². The third-order valence-corrected chi connectivity index (χ3v) is 3.48. The minimum atomic E-state index is -0.429. The third-order valence-electron chi connectivity index (χ3n) is 1.46. The standard InChI is InChI=1S/C8H5BrClIO/c1-4-2-5(8(10)12)6(9)3-7(4)11/h2-3H,1H3. The van der Waals surface area contributed by atoms with E-state index < -0.39 is 5.24 Å². The van der Waals surface area contributed by atoms with Gasteiger partial charge in [-0.25, -0.2) is 0 Å². The lowest BCUT2D eigenvalue weighted by Gasteiger charge is -2.02. The van der Waals surface area contributed by atoms with Crippen LogP contribution in [0, 0.1) is 10.5 Å². The first-order valence-corrected chi connectivity index (χ1v) is 5.43. The number of benzene rings is 1. The van der Waals surface area contributed by atoms with Crippen LogP contribution in [-0.2, 0) is 0 Å². The first-order chi connectivity index (χ1) is 5.52. The maximum absolute atomic E-state index is 10.9. The van der Waals surface area contributed by atoms with E-state index in [-0.39, 0.29) is 0 Å². The van der Waals surface area contributed by atoms with Crippen LogP contribution in [0.4, 0.5) is 0 Å². The molecule has 1 rings (SSSR count). The highest BCUT2D eigenvalue weighted by Gasteiger charge is 2.08. The van der Waals surface area contributed by atoms with Crippen molar-refractivity contribution >= 4 is 55.4 Å². The van der Waals surface area contributed by atoms with E-state index in [2.05, 4.69) is 38.5 Å². The van der Waals surface area contributed by atoms with Crippen LogP contribution in [0.1, 0.15) is 15.9 Å². The summed E-state index contributed by atoms with van der Waals surface area (Å²) in [4.78, 5) is 10.9. The minimum Gasteiger partial charge on any atom is -0.276 e. The van der Waals surface area contributed by atoms with E-state index in [1.165, 1.54) is 0 Å². The lowest BCUT2D eigenvalue weighted by Crippen LogP contribution is -1.93. The molecule has 0 unspecified atom stereocenters. The lowest BCUT2D eigenvalue weighted by molar-refractivity contribution is 0.108. The molecule has 0 aliphatic heterocycles. The van der Waals surface area contributed by atoms with Gasteiger partial charge in [0.25, 0.3) is 5.24 Å². The van der Waals surface area contributed by atoms with Crippen molar-refractivity contribution in [1.29, 1.82) is 0 Å². The Bertz CT molecular complexity index is 338. The number of carbonyl (C=O) groups excluding carboxylic acids is 1. The highest BCUT2D eigenvalue weighted by molar-refractivity contribution is 14.1. The maximum atomic E-state index is 10.9. The molecule has 0 N–H and O–H groups in total. The average molecular weight is 359 g/mol. The van der Waals surface area contributed by atoms with E-state index in [0.717, 1.165) is 13.6 Å². The van der Waals surface area contributed by atoms with Gasteiger partial charge in [-0.05, 0) is 74.7 Å². The normalized spacial score (nSPS) is 10.0. The molecule has 1 aromatic carbocycles. The molecule has 0 heterocycles. The second-order valence-corrected chi connectivity index (χ2v) is 4.71. The van der Waals surface area contributed by atoms with Crippen molar-refractivity contribution in [3.8, 4) is 0 Å². The molecule has 0 spiro atoms. The maximum Gasteiger partial charge on any atom is 0.253 e. The van der Waals surface area contributed by atoms with Crippen LogP contribution in [0.5, 0.6) is 0 Å². The first kappa shape index (κ1) is 10.5. The molecule has 64 valence electrons. The molecular weight excluding hydrogens is 354 g/mol. The van der Waals surface area contributed by atoms with Gasteiger partial charge in [-0.3, -0.25) is 4.79 Å². The zero-order valence-corrected chi connectivity index (χ0v) is 10.7. The Labute approximate surface area is 97.8 Å². The number of hydrogen-bond donors (Lipinski definition) is 0. The predicted octanol–water partition coefficient (Wildman–Crippen LogP) is 3.74. The predicted molar refractivity (Wildman–Crippen MR) is 61.8 cm³/mol. The monoisotopic (exact) mass is 358 g/mol. The van der Waals surface area contributed by atoms with Crippen molar-refractivity contribution in [3.05, 3.63) is 31.3 Å². The van der Waals surface area contributed by atoms with Crippen molar-refractivity contribution in [3.63, 3.8) is 0 Å². The summed E-state index contributed by atoms with van der Waals surface area (Å²) in [5, 5.41) is -0.429. The van der Waals surface area contributed by atoms with Gasteiger partial charge in [0.2, 0.25) is 0 Å². The molecular formula is C8H5BrClIO. The topological polar surface area (TPSA) is 17.1 Å². The molecule has 0 bridgehead atoms. The van der Waals surface area contributed by atoms with Crippen LogP contribution >= 0.6 is 50.1 Å². The summed E-state index contributed by atoms with van der Waals surface area (Å²) >= 11 is 10.8. The van der Waals surface area contributed by atoms with E-state index in [9.17, 15) is 4.79 Å². The summed E-state index contributed by atoms with van der Waals surface area (Å²) in [5.41, 5.74) is 1.58. The molecule has 0 aliphatic rings. The third kappa shape index (κ3) is 2.20. The Balaban J connectivity index is 3.33. The van der Waals surface area contributed by atoms with Crippen LogP contribution in [-0.4, -0.2) is 5.24 Å². The molecule has 0 aliphatic carbocycles. The summed E-state index contributed by atoms with van der Waals surface area (Å²) in [6.45, 7) is 1.94. The van der Waals surface area contributed by atoms with Crippen LogP contribution < -0.4 is 0 Å². The number of carbonyl (C=O) groups is 1. The van der Waals surface area contributed by atoms with Crippen molar-refractivity contribution < 1.29 is 4.79 Å². The summed E-state index contributed by atoms with van der Waals surface area (Å²) in [6, 6.07) is 3.66. The van der Waals surface area contributed by atoms with Crippen LogP contribution in [0.3, 0.4) is 0 Å². The van der Waals surface area contributed by atoms with Gasteiger partial charge in [-0.15, -0.1) is 0 Å². The van der Waals surface area contributed by atoms with Crippen LogP contribution in [0.2, 0.25) is 0 Å². The molecule has 0 radical (unpaired) electrons. The van der Waals surface area contributed by atoms with Crippen LogP contribution in [0.25, 0.3) is 0 Å². The second kappa shape index (κ2) is 4.07. The molecule has 1 nitrogen and oxygen atoms in total. The fourth-order valence-corrected chi connectivity index (χ4v) is 2.50. The van der Waals surface area contributed by atoms with E-state index in [0.29, 0.717) is 5.56 Å². The molecule has 0 saturated heterocycles. The van der Waals surface area contributed by atoms with Gasteiger partial charge in [0.1, 0.15) is 0 Å². The number of hydrogen-bond acceptors (Lipinski definition) is 1. The number of halogens is 3. The number of aryl methyl sites for hydroxylation is 1. The molecule has 0 fully saturated rings. The van der Waals surface area contributed by atoms with Crippen molar-refractivity contribution in [1.82, 2.24) is 0 Å². The zero-order valence-electron chi connectivity index (χ0n) is 6.20. The van der Waals surface area contributed by atoms with Gasteiger partial charge >= 0.3 is 0 Å². The van der Waals surface area contributed by atoms with Crippen molar-refractivity contribution in [2.24, 2.45) is 0 Å². The van der Waals surface area contributed by atoms with E-state index >= 15 is 0 Å². The lowest BCUT2D eigenvalue weighted by atomic mass is 10.2. The average Bonchev–Trinajstić information content (AvgIpc) is 1.96. The summed E-state index contributed by atoms with van der Waals surface area (Å²) in [5.74, 6) is 0. The molecule has 0 amide bonds. The largest absolute Gasteiger partial charge is 0.276 e. The molecule has 0 saturated carbocycles. The molecule has 0 atom stereocenters. The Morgan fingerprint density at radius 1 is 1.58 bits per heavy atom.